The number of amides is 1. The number of piperazine rings is 1. The maximum atomic E-state index is 12.6. The molecule has 1 aliphatic rings. The normalized spacial score (nSPS) is 16.5. The van der Waals surface area contributed by atoms with Gasteiger partial charge in [-0.1, -0.05) is 43.6 Å². The standard InChI is InChI=1S/C19H24ClN3O3S2/c1-3-22(4-2)28(25,26)23-13-11-21(12-14-23)18(24)10-9-17-19(20)15-7-5-6-8-16(15)27-17/h5-10H,3-4,11-14H2,1-2H3/b10-9+. The van der Waals surface area contributed by atoms with Crippen LogP contribution < -0.4 is 0 Å². The van der Waals surface area contributed by atoms with Crippen molar-refractivity contribution in [3.8, 4) is 0 Å². The van der Waals surface area contributed by atoms with Crippen molar-refractivity contribution in [2.75, 3.05) is 39.3 Å². The number of thiophene rings is 1. The quantitative estimate of drug-likeness (QED) is 0.646. The minimum atomic E-state index is -3.45. The molecule has 0 radical (unpaired) electrons. The second-order valence-electron chi connectivity index (χ2n) is 6.43. The highest BCUT2D eigenvalue weighted by molar-refractivity contribution is 7.86. The third kappa shape index (κ3) is 4.26. The summed E-state index contributed by atoms with van der Waals surface area (Å²) in [6.45, 7) is 5.90. The van der Waals surface area contributed by atoms with Crippen LogP contribution in [0, 0.1) is 0 Å². The van der Waals surface area contributed by atoms with Crippen LogP contribution in [-0.4, -0.2) is 67.1 Å². The Bertz CT molecular complexity index is 975. The van der Waals surface area contributed by atoms with Gasteiger partial charge in [0, 0.05) is 60.3 Å². The van der Waals surface area contributed by atoms with Crippen LogP contribution in [0.3, 0.4) is 0 Å². The minimum absolute atomic E-state index is 0.131. The number of carbonyl (C=O) groups excluding carboxylic acids is 1. The molecule has 0 spiro atoms. The van der Waals surface area contributed by atoms with Gasteiger partial charge in [0.1, 0.15) is 0 Å². The van der Waals surface area contributed by atoms with Crippen LogP contribution in [-0.2, 0) is 15.0 Å². The van der Waals surface area contributed by atoms with E-state index in [4.69, 9.17) is 11.6 Å². The van der Waals surface area contributed by atoms with E-state index in [2.05, 4.69) is 0 Å². The third-order valence-electron chi connectivity index (χ3n) is 4.85. The van der Waals surface area contributed by atoms with E-state index in [1.54, 1.807) is 22.3 Å². The van der Waals surface area contributed by atoms with Gasteiger partial charge in [-0.15, -0.1) is 11.3 Å². The summed E-state index contributed by atoms with van der Waals surface area (Å²) in [7, 11) is -3.45. The highest BCUT2D eigenvalue weighted by Crippen LogP contribution is 2.35. The average molecular weight is 442 g/mol. The first-order valence-corrected chi connectivity index (χ1v) is 11.9. The summed E-state index contributed by atoms with van der Waals surface area (Å²) in [6, 6.07) is 7.86. The van der Waals surface area contributed by atoms with E-state index < -0.39 is 10.2 Å². The monoisotopic (exact) mass is 441 g/mol. The van der Waals surface area contributed by atoms with Crippen molar-refractivity contribution < 1.29 is 13.2 Å². The molecule has 28 heavy (non-hydrogen) atoms. The highest BCUT2D eigenvalue weighted by atomic mass is 35.5. The van der Waals surface area contributed by atoms with Crippen molar-refractivity contribution in [2.45, 2.75) is 13.8 Å². The largest absolute Gasteiger partial charge is 0.337 e. The molecule has 0 atom stereocenters. The molecular weight excluding hydrogens is 418 g/mol. The van der Waals surface area contributed by atoms with Crippen molar-refractivity contribution in [1.29, 1.82) is 0 Å². The molecule has 0 saturated carbocycles. The van der Waals surface area contributed by atoms with Crippen molar-refractivity contribution in [3.05, 3.63) is 40.2 Å². The van der Waals surface area contributed by atoms with Gasteiger partial charge in [-0.25, -0.2) is 0 Å². The van der Waals surface area contributed by atoms with Crippen molar-refractivity contribution in [2.24, 2.45) is 0 Å². The Morgan fingerprint density at radius 2 is 1.82 bits per heavy atom. The van der Waals surface area contributed by atoms with E-state index in [1.165, 1.54) is 14.7 Å². The summed E-state index contributed by atoms with van der Waals surface area (Å²) in [5, 5.41) is 1.64. The molecule has 1 saturated heterocycles. The SMILES string of the molecule is CCN(CC)S(=O)(=O)N1CCN(C(=O)/C=C/c2sc3ccccc3c2Cl)CC1. The summed E-state index contributed by atoms with van der Waals surface area (Å²) in [4.78, 5) is 15.0. The smallest absolute Gasteiger partial charge is 0.282 e. The molecule has 3 rings (SSSR count). The summed E-state index contributed by atoms with van der Waals surface area (Å²) >= 11 is 7.95. The Hall–Kier alpha value is -1.45. The predicted octanol–water partition coefficient (Wildman–Crippen LogP) is 3.30. The molecule has 1 aromatic heterocycles. The minimum Gasteiger partial charge on any atom is -0.337 e. The van der Waals surface area contributed by atoms with Crippen LogP contribution in [0.1, 0.15) is 18.7 Å². The lowest BCUT2D eigenvalue weighted by Crippen LogP contribution is -2.53. The summed E-state index contributed by atoms with van der Waals surface area (Å²) < 4.78 is 29.1. The van der Waals surface area contributed by atoms with Crippen LogP contribution in [0.15, 0.2) is 30.3 Å². The molecule has 152 valence electrons. The Morgan fingerprint density at radius 1 is 1.18 bits per heavy atom. The molecular formula is C19H24ClN3O3S2. The highest BCUT2D eigenvalue weighted by Gasteiger charge is 2.31. The molecule has 1 aliphatic heterocycles. The number of hydrogen-bond donors (Lipinski definition) is 0. The molecule has 2 heterocycles. The molecule has 0 aliphatic carbocycles. The van der Waals surface area contributed by atoms with Gasteiger partial charge in [0.05, 0.1) is 5.02 Å². The fraction of sp³-hybridized carbons (Fsp3) is 0.421. The van der Waals surface area contributed by atoms with Crippen LogP contribution >= 0.6 is 22.9 Å². The van der Waals surface area contributed by atoms with Gasteiger partial charge in [0.25, 0.3) is 10.2 Å². The second-order valence-corrected chi connectivity index (χ2v) is 9.82. The van der Waals surface area contributed by atoms with Crippen LogP contribution in [0.25, 0.3) is 16.2 Å². The van der Waals surface area contributed by atoms with E-state index in [0.717, 1.165) is 15.0 Å². The van der Waals surface area contributed by atoms with E-state index >= 15 is 0 Å². The fourth-order valence-corrected chi connectivity index (χ4v) is 6.25. The average Bonchev–Trinajstić information content (AvgIpc) is 3.03. The maximum absolute atomic E-state index is 12.6. The van der Waals surface area contributed by atoms with Gasteiger partial charge in [0.15, 0.2) is 0 Å². The number of rotatable bonds is 6. The third-order valence-corrected chi connectivity index (χ3v) is 8.69. The van der Waals surface area contributed by atoms with Crippen molar-refractivity contribution in [3.63, 3.8) is 0 Å². The zero-order valence-electron chi connectivity index (χ0n) is 16.0. The Balaban J connectivity index is 1.64. The first-order valence-electron chi connectivity index (χ1n) is 9.27. The van der Waals surface area contributed by atoms with Crippen molar-refractivity contribution >= 4 is 55.2 Å². The van der Waals surface area contributed by atoms with Crippen molar-refractivity contribution in [1.82, 2.24) is 13.5 Å². The van der Waals surface area contributed by atoms with E-state index in [-0.39, 0.29) is 5.91 Å². The lowest BCUT2D eigenvalue weighted by atomic mass is 10.2. The van der Waals surface area contributed by atoms with E-state index in [1.807, 2.05) is 38.1 Å². The van der Waals surface area contributed by atoms with Gasteiger partial charge < -0.3 is 4.90 Å². The fourth-order valence-electron chi connectivity index (χ4n) is 3.24. The van der Waals surface area contributed by atoms with Gasteiger partial charge in [-0.05, 0) is 12.1 Å². The van der Waals surface area contributed by atoms with E-state index in [9.17, 15) is 13.2 Å². The summed E-state index contributed by atoms with van der Waals surface area (Å²) in [5.74, 6) is -0.131. The first kappa shape index (κ1) is 21.3. The zero-order chi connectivity index (χ0) is 20.3. The van der Waals surface area contributed by atoms with Gasteiger partial charge in [0.2, 0.25) is 5.91 Å². The second kappa shape index (κ2) is 8.92. The predicted molar refractivity (Wildman–Crippen MR) is 116 cm³/mol. The lowest BCUT2D eigenvalue weighted by molar-refractivity contribution is -0.127. The molecule has 0 unspecified atom stereocenters. The molecule has 0 N–H and O–H groups in total. The van der Waals surface area contributed by atoms with Gasteiger partial charge in [-0.2, -0.15) is 17.0 Å². The zero-order valence-corrected chi connectivity index (χ0v) is 18.4. The van der Waals surface area contributed by atoms with Crippen LogP contribution in [0.2, 0.25) is 5.02 Å². The summed E-state index contributed by atoms with van der Waals surface area (Å²) in [6.07, 6.45) is 3.26. The number of halogens is 1. The molecule has 1 amide bonds. The summed E-state index contributed by atoms with van der Waals surface area (Å²) in [5.41, 5.74) is 0. The first-order chi connectivity index (χ1) is 13.4. The number of fused-ring (bicyclic) bond motifs is 1. The Morgan fingerprint density at radius 3 is 2.43 bits per heavy atom. The van der Waals surface area contributed by atoms with Gasteiger partial charge >= 0.3 is 0 Å². The maximum Gasteiger partial charge on any atom is 0.282 e. The number of hydrogen-bond acceptors (Lipinski definition) is 4. The van der Waals surface area contributed by atoms with Gasteiger partial charge in [-0.3, -0.25) is 4.79 Å². The molecule has 2 aromatic rings. The molecule has 0 bridgehead atoms. The number of nitrogens with zero attached hydrogens (tertiary/aromatic N) is 3. The number of benzene rings is 1. The topological polar surface area (TPSA) is 60.9 Å². The molecule has 1 aromatic carbocycles. The van der Waals surface area contributed by atoms with Crippen LogP contribution in [0.4, 0.5) is 0 Å². The van der Waals surface area contributed by atoms with E-state index in [0.29, 0.717) is 44.3 Å². The lowest BCUT2D eigenvalue weighted by Gasteiger charge is -2.35. The Labute approximate surface area is 175 Å². The molecule has 9 heteroatoms. The Kier molecular flexibility index (Phi) is 6.77. The molecule has 6 nitrogen and oxygen atoms in total. The van der Waals surface area contributed by atoms with Crippen LogP contribution in [0.5, 0.6) is 0 Å². The molecule has 1 fully saturated rings. The number of carbonyl (C=O) groups is 1.